The van der Waals surface area contributed by atoms with E-state index in [4.69, 9.17) is 0 Å². The molecule has 42 heavy (non-hydrogen) atoms. The Morgan fingerprint density at radius 1 is 0.595 bits per heavy atom. The van der Waals surface area contributed by atoms with Gasteiger partial charge in [0.15, 0.2) is 0 Å². The van der Waals surface area contributed by atoms with Crippen LogP contribution < -0.4 is 24.8 Å². The molecule has 0 heterocycles. The standard InChI is InChI=1S/C27H21.C7H12.C5H5.2ClH.Zr/c1-3-7-20(8-4-1)15-22-11-13-26-24(17-22)19-25-18-23(12-14-27(25)26)16-21-9-5-2-6-10-21;1-2-4-6-7-5-3-1;1-2-4-5-3-1;;;/h1-14,17H,15-16,19H2;1-6H2;1-5H;2*1H;/q-1;;-1;;;+2/p-2. The van der Waals surface area contributed by atoms with Crippen LogP contribution in [0.25, 0.3) is 11.1 Å². The predicted octanol–water partition coefficient (Wildman–Crippen LogP) is 3.71. The van der Waals surface area contributed by atoms with Gasteiger partial charge in [0.05, 0.1) is 0 Å². The molecule has 0 amide bonds. The van der Waals surface area contributed by atoms with Crippen molar-refractivity contribution in [3.8, 4) is 11.1 Å². The first-order chi connectivity index (χ1) is 19.7. The van der Waals surface area contributed by atoms with Crippen LogP contribution in [0.3, 0.4) is 0 Å². The summed E-state index contributed by atoms with van der Waals surface area (Å²) in [7, 11) is 0. The molecule has 0 unspecified atom stereocenters. The molecular weight excluding hydrogens is 631 g/mol. The molecule has 7 rings (SSSR count). The van der Waals surface area contributed by atoms with Gasteiger partial charge in [0, 0.05) is 0 Å². The zero-order chi connectivity index (χ0) is 27.4. The summed E-state index contributed by atoms with van der Waals surface area (Å²) in [5, 5.41) is 0. The first-order valence-electron chi connectivity index (χ1n) is 14.7. The van der Waals surface area contributed by atoms with Crippen LogP contribution in [-0.4, -0.2) is 3.21 Å². The maximum absolute atomic E-state index is 3.69. The number of fused-ring (bicyclic) bond motifs is 3. The quantitative estimate of drug-likeness (QED) is 0.199. The molecule has 0 aliphatic heterocycles. The number of halogens is 2. The number of benzene rings is 4. The van der Waals surface area contributed by atoms with E-state index in [1.165, 1.54) is 83.0 Å². The Labute approximate surface area is 280 Å². The van der Waals surface area contributed by atoms with Crippen molar-refractivity contribution in [1.29, 1.82) is 0 Å². The van der Waals surface area contributed by atoms with Gasteiger partial charge >= 0.3 is 66.0 Å². The minimum atomic E-state index is 0. The van der Waals surface area contributed by atoms with Gasteiger partial charge < -0.3 is 24.8 Å². The van der Waals surface area contributed by atoms with Crippen LogP contribution >= 0.6 is 0 Å². The van der Waals surface area contributed by atoms with Crippen molar-refractivity contribution in [3.63, 3.8) is 0 Å². The summed E-state index contributed by atoms with van der Waals surface area (Å²) in [5.74, 6) is 0. The van der Waals surface area contributed by atoms with Gasteiger partial charge in [-0.1, -0.05) is 84.4 Å². The minimum absolute atomic E-state index is 0. The molecule has 1 saturated carbocycles. The fourth-order valence-corrected chi connectivity index (χ4v) is 6.43. The normalized spacial score (nSPS) is 13.0. The molecule has 5 aromatic rings. The van der Waals surface area contributed by atoms with Gasteiger partial charge in [-0.3, -0.25) is 0 Å². The van der Waals surface area contributed by atoms with Crippen molar-refractivity contribution in [3.05, 3.63) is 161 Å². The Kier molecular flexibility index (Phi) is 14.8. The van der Waals surface area contributed by atoms with Gasteiger partial charge in [-0.05, 0) is 41.5 Å². The molecule has 214 valence electrons. The zero-order valence-electron chi connectivity index (χ0n) is 24.2. The first kappa shape index (κ1) is 34.1. The van der Waals surface area contributed by atoms with E-state index in [1.54, 1.807) is 24.2 Å². The van der Waals surface area contributed by atoms with Crippen LogP contribution in [0.4, 0.5) is 0 Å². The Hall–Kier alpha value is -2.44. The first-order valence-corrected chi connectivity index (χ1v) is 15.9. The average molecular weight is 669 g/mol. The molecule has 0 radical (unpaired) electrons. The summed E-state index contributed by atoms with van der Waals surface area (Å²) >= 11 is 1.69. The molecule has 0 atom stereocenters. The molecule has 2 aliphatic carbocycles. The maximum Gasteiger partial charge on any atom is -0.00257 e. The summed E-state index contributed by atoms with van der Waals surface area (Å²) in [6.07, 6.45) is 11.7. The summed E-state index contributed by atoms with van der Waals surface area (Å²) < 4.78 is 1.81. The Morgan fingerprint density at radius 2 is 1.19 bits per heavy atom. The molecule has 0 N–H and O–H groups in total. The third-order valence-corrected chi connectivity index (χ3v) is 8.89. The van der Waals surface area contributed by atoms with Gasteiger partial charge in [0.25, 0.3) is 0 Å². The minimum Gasteiger partial charge on any atom is -0.214 e. The molecule has 3 heteroatoms. The molecule has 1 fully saturated rings. The maximum atomic E-state index is 3.69. The summed E-state index contributed by atoms with van der Waals surface area (Å²) in [6.45, 7) is 0. The van der Waals surface area contributed by atoms with Crippen LogP contribution in [0.1, 0.15) is 71.9 Å². The van der Waals surface area contributed by atoms with E-state index in [1.807, 2.05) is 33.5 Å². The van der Waals surface area contributed by atoms with Gasteiger partial charge in [-0.25, -0.2) is 12.1 Å². The SMILES string of the molecule is [Cl-].[Cl-].[Zr+2]=[C]1CCCCCC1.[c-]1c(Cc2ccccc2)ccc2c1Cc1cc(Cc3ccccc3)ccc1-2.c1cc[cH-]c1. The Balaban J connectivity index is 0.000000268. The van der Waals surface area contributed by atoms with Crippen molar-refractivity contribution in [2.45, 2.75) is 57.8 Å². The third kappa shape index (κ3) is 10.4. The summed E-state index contributed by atoms with van der Waals surface area (Å²) in [6, 6.07) is 46.5. The van der Waals surface area contributed by atoms with Crippen molar-refractivity contribution < 1.29 is 49.0 Å². The summed E-state index contributed by atoms with van der Waals surface area (Å²) in [5.41, 5.74) is 10.9. The van der Waals surface area contributed by atoms with Crippen LogP contribution in [0, 0.1) is 6.07 Å². The fraction of sp³-hybridized carbons (Fsp3) is 0.231. The topological polar surface area (TPSA) is 0 Å². The van der Waals surface area contributed by atoms with Gasteiger partial charge in [-0.15, -0.1) is 11.1 Å². The average Bonchev–Trinajstić information content (AvgIpc) is 3.62. The third-order valence-electron chi connectivity index (χ3n) is 7.67. The molecular formula is C39H38Cl2Zr-2. The molecule has 0 saturated heterocycles. The molecule has 5 aromatic carbocycles. The molecule has 0 nitrogen and oxygen atoms in total. The van der Waals surface area contributed by atoms with E-state index < -0.39 is 0 Å². The number of rotatable bonds is 4. The van der Waals surface area contributed by atoms with Crippen LogP contribution in [0.2, 0.25) is 0 Å². The van der Waals surface area contributed by atoms with E-state index in [0.29, 0.717) is 0 Å². The second-order valence-electron chi connectivity index (χ2n) is 10.8. The van der Waals surface area contributed by atoms with Crippen LogP contribution in [0.15, 0.2) is 121 Å². The van der Waals surface area contributed by atoms with E-state index in [9.17, 15) is 0 Å². The second kappa shape index (κ2) is 18.3. The smallest absolute Gasteiger partial charge is 0.00257 e. The van der Waals surface area contributed by atoms with Gasteiger partial charge in [-0.2, -0.15) is 42.0 Å². The Bertz CT molecular complexity index is 1360. The fourth-order valence-electron chi connectivity index (χ4n) is 5.56. The van der Waals surface area contributed by atoms with E-state index in [0.717, 1.165) is 19.3 Å². The van der Waals surface area contributed by atoms with Crippen molar-refractivity contribution in [2.75, 3.05) is 0 Å². The van der Waals surface area contributed by atoms with Gasteiger partial charge in [0.2, 0.25) is 0 Å². The van der Waals surface area contributed by atoms with Crippen molar-refractivity contribution >= 4 is 3.21 Å². The predicted molar refractivity (Wildman–Crippen MR) is 167 cm³/mol. The number of hydrogen-bond donors (Lipinski definition) is 0. The molecule has 2 aliphatic rings. The summed E-state index contributed by atoms with van der Waals surface area (Å²) in [4.78, 5) is 0. The van der Waals surface area contributed by atoms with Crippen molar-refractivity contribution in [2.24, 2.45) is 0 Å². The molecule has 0 aromatic heterocycles. The monoisotopic (exact) mass is 666 g/mol. The van der Waals surface area contributed by atoms with Crippen LogP contribution in [0.5, 0.6) is 0 Å². The van der Waals surface area contributed by atoms with E-state index in [2.05, 4.69) is 97.1 Å². The largest absolute Gasteiger partial charge is 0.214 e. The van der Waals surface area contributed by atoms with Crippen LogP contribution in [-0.2, 0) is 43.5 Å². The van der Waals surface area contributed by atoms with Gasteiger partial charge in [0.1, 0.15) is 0 Å². The number of hydrogen-bond acceptors (Lipinski definition) is 0. The Morgan fingerprint density at radius 3 is 1.79 bits per heavy atom. The zero-order valence-corrected chi connectivity index (χ0v) is 28.1. The molecule has 0 bridgehead atoms. The van der Waals surface area contributed by atoms with E-state index >= 15 is 0 Å². The van der Waals surface area contributed by atoms with Crippen molar-refractivity contribution in [1.82, 2.24) is 0 Å². The van der Waals surface area contributed by atoms with E-state index in [-0.39, 0.29) is 24.8 Å². The molecule has 0 spiro atoms. The second-order valence-corrected chi connectivity index (χ2v) is 12.6.